The molecule has 32 heavy (non-hydrogen) atoms. The number of ether oxygens (including phenoxy) is 1. The normalized spacial score (nSPS) is 11.3. The molecule has 0 fully saturated rings. The predicted octanol–water partition coefficient (Wildman–Crippen LogP) is 4.75. The van der Waals surface area contributed by atoms with E-state index in [4.69, 9.17) is 4.74 Å². The molecule has 0 aliphatic carbocycles. The van der Waals surface area contributed by atoms with Gasteiger partial charge in [-0.05, 0) is 66.6 Å². The second-order valence-corrected chi connectivity index (χ2v) is 9.34. The van der Waals surface area contributed by atoms with Crippen molar-refractivity contribution in [2.24, 2.45) is 0 Å². The first-order chi connectivity index (χ1) is 15.3. The molecule has 4 aromatic rings. The van der Waals surface area contributed by atoms with Crippen LogP contribution in [0.15, 0.2) is 77.8 Å². The molecule has 0 saturated carbocycles. The van der Waals surface area contributed by atoms with Crippen molar-refractivity contribution in [3.05, 3.63) is 84.1 Å². The molecule has 0 saturated heterocycles. The fourth-order valence-corrected chi connectivity index (χ4v) is 4.21. The molecule has 0 unspecified atom stereocenters. The molecule has 0 spiro atoms. The van der Waals surface area contributed by atoms with Crippen molar-refractivity contribution in [3.63, 3.8) is 0 Å². The number of esters is 1. The first-order valence-corrected chi connectivity index (χ1v) is 11.8. The minimum absolute atomic E-state index is 0.262. The Labute approximate surface area is 186 Å². The molecule has 6 nitrogen and oxygen atoms in total. The summed E-state index contributed by atoms with van der Waals surface area (Å²) >= 11 is 0. The van der Waals surface area contributed by atoms with Gasteiger partial charge in [0.1, 0.15) is 6.07 Å². The second-order valence-electron chi connectivity index (χ2n) is 7.32. The Bertz CT molecular complexity index is 1460. The van der Waals surface area contributed by atoms with Crippen LogP contribution in [0.25, 0.3) is 27.7 Å². The highest BCUT2D eigenvalue weighted by molar-refractivity contribution is 7.90. The molecule has 3 aromatic carbocycles. The number of sulfone groups is 1. The average molecular weight is 445 g/mol. The lowest BCUT2D eigenvalue weighted by atomic mass is 10.0. The van der Waals surface area contributed by atoms with Gasteiger partial charge in [0.15, 0.2) is 9.84 Å². The molecule has 0 atom stereocenters. The van der Waals surface area contributed by atoms with E-state index in [1.807, 2.05) is 34.9 Å². The van der Waals surface area contributed by atoms with Gasteiger partial charge >= 0.3 is 5.97 Å². The Kier molecular flexibility index (Phi) is 5.56. The minimum atomic E-state index is -3.26. The van der Waals surface area contributed by atoms with E-state index in [1.165, 1.54) is 6.26 Å². The van der Waals surface area contributed by atoms with Crippen molar-refractivity contribution < 1.29 is 17.9 Å². The molecular weight excluding hydrogens is 424 g/mol. The number of rotatable bonds is 5. The van der Waals surface area contributed by atoms with Crippen LogP contribution in [0.2, 0.25) is 0 Å². The van der Waals surface area contributed by atoms with Crippen molar-refractivity contribution in [3.8, 4) is 22.9 Å². The number of hydrogen-bond acceptors (Lipinski definition) is 5. The van der Waals surface area contributed by atoms with Crippen LogP contribution in [0.5, 0.6) is 0 Å². The summed E-state index contributed by atoms with van der Waals surface area (Å²) in [4.78, 5) is 12.2. The lowest BCUT2D eigenvalue weighted by Gasteiger charge is -2.08. The van der Waals surface area contributed by atoms with Gasteiger partial charge in [-0.25, -0.2) is 13.2 Å². The molecule has 4 rings (SSSR count). The smallest absolute Gasteiger partial charge is 0.338 e. The number of nitriles is 1. The summed E-state index contributed by atoms with van der Waals surface area (Å²) in [6, 6.07) is 21.7. The molecule has 1 heterocycles. The molecule has 1 aromatic heterocycles. The number of carbonyl (C=O) groups excluding carboxylic acids is 1. The maximum atomic E-state index is 11.9. The highest BCUT2D eigenvalue weighted by Crippen LogP contribution is 2.30. The van der Waals surface area contributed by atoms with Crippen LogP contribution in [-0.4, -0.2) is 31.8 Å². The third-order valence-corrected chi connectivity index (χ3v) is 6.33. The number of hydrogen-bond donors (Lipinski definition) is 0. The van der Waals surface area contributed by atoms with Crippen molar-refractivity contribution in [2.45, 2.75) is 11.8 Å². The van der Waals surface area contributed by atoms with E-state index in [9.17, 15) is 18.5 Å². The molecule has 0 bridgehead atoms. The van der Waals surface area contributed by atoms with Crippen LogP contribution in [0, 0.1) is 11.3 Å². The second kappa shape index (κ2) is 8.33. The van der Waals surface area contributed by atoms with Gasteiger partial charge in [-0.1, -0.05) is 18.2 Å². The maximum Gasteiger partial charge on any atom is 0.338 e. The van der Waals surface area contributed by atoms with E-state index in [0.29, 0.717) is 17.7 Å². The topological polar surface area (TPSA) is 89.2 Å². The third-order valence-electron chi connectivity index (χ3n) is 5.20. The Morgan fingerprint density at radius 3 is 2.25 bits per heavy atom. The van der Waals surface area contributed by atoms with Crippen LogP contribution in [0.3, 0.4) is 0 Å². The first kappa shape index (κ1) is 21.3. The zero-order chi connectivity index (χ0) is 22.9. The van der Waals surface area contributed by atoms with E-state index in [-0.39, 0.29) is 10.9 Å². The van der Waals surface area contributed by atoms with Crippen LogP contribution in [0.1, 0.15) is 22.8 Å². The predicted molar refractivity (Wildman–Crippen MR) is 122 cm³/mol. The van der Waals surface area contributed by atoms with Gasteiger partial charge in [0.25, 0.3) is 0 Å². The largest absolute Gasteiger partial charge is 0.462 e. The maximum absolute atomic E-state index is 11.9. The Hall–Kier alpha value is -3.89. The number of benzene rings is 3. The van der Waals surface area contributed by atoms with E-state index in [0.717, 1.165) is 27.7 Å². The summed E-state index contributed by atoms with van der Waals surface area (Å²) in [5, 5.41) is 10.5. The van der Waals surface area contributed by atoms with Crippen LogP contribution >= 0.6 is 0 Å². The Balaban J connectivity index is 1.75. The number of aromatic nitrogens is 1. The van der Waals surface area contributed by atoms with Crippen LogP contribution in [0.4, 0.5) is 0 Å². The SMILES string of the molecule is CCOC(=O)c1ccc(-n2cc(C#N)c3cc(-c4ccc(S(C)(=O)=O)cc4)ccc32)cc1. The number of fused-ring (bicyclic) bond motifs is 1. The van der Waals surface area contributed by atoms with Gasteiger partial charge in [-0.2, -0.15) is 5.26 Å². The zero-order valence-corrected chi connectivity index (χ0v) is 18.4. The van der Waals surface area contributed by atoms with Crippen LogP contribution in [-0.2, 0) is 14.6 Å². The number of nitrogens with zero attached hydrogens (tertiary/aromatic N) is 2. The summed E-state index contributed by atoms with van der Waals surface area (Å²) < 4.78 is 30.3. The highest BCUT2D eigenvalue weighted by atomic mass is 32.2. The van der Waals surface area contributed by atoms with Crippen LogP contribution < -0.4 is 0 Å². The fraction of sp³-hybridized carbons (Fsp3) is 0.120. The third kappa shape index (κ3) is 4.01. The lowest BCUT2D eigenvalue weighted by Crippen LogP contribution is -2.04. The molecule has 0 aliphatic rings. The summed E-state index contributed by atoms with van der Waals surface area (Å²) in [7, 11) is -3.26. The molecular formula is C25H20N2O4S. The first-order valence-electron chi connectivity index (χ1n) is 9.95. The van der Waals surface area contributed by atoms with Crippen molar-refractivity contribution in [2.75, 3.05) is 12.9 Å². The van der Waals surface area contributed by atoms with E-state index in [2.05, 4.69) is 6.07 Å². The molecule has 0 N–H and O–H groups in total. The van der Waals surface area contributed by atoms with Gasteiger partial charge < -0.3 is 9.30 Å². The molecule has 7 heteroatoms. The Morgan fingerprint density at radius 2 is 1.66 bits per heavy atom. The summed E-state index contributed by atoms with van der Waals surface area (Å²) in [6.07, 6.45) is 2.94. The average Bonchev–Trinajstić information content (AvgIpc) is 3.17. The molecule has 160 valence electrons. The van der Waals surface area contributed by atoms with Crippen molar-refractivity contribution >= 4 is 26.7 Å². The van der Waals surface area contributed by atoms with E-state index in [1.54, 1.807) is 49.5 Å². The zero-order valence-electron chi connectivity index (χ0n) is 17.6. The van der Waals surface area contributed by atoms with Gasteiger partial charge in [0.2, 0.25) is 0 Å². The fourth-order valence-electron chi connectivity index (χ4n) is 3.58. The Morgan fingerprint density at radius 1 is 1.00 bits per heavy atom. The summed E-state index contributed by atoms with van der Waals surface area (Å²) in [6.45, 7) is 2.07. The van der Waals surface area contributed by atoms with Gasteiger partial charge in [0.05, 0.1) is 28.1 Å². The molecule has 0 amide bonds. The quantitative estimate of drug-likeness (QED) is 0.415. The van der Waals surface area contributed by atoms with Gasteiger partial charge in [0, 0.05) is 23.5 Å². The van der Waals surface area contributed by atoms with E-state index >= 15 is 0 Å². The van der Waals surface area contributed by atoms with Crippen molar-refractivity contribution in [1.82, 2.24) is 4.57 Å². The minimum Gasteiger partial charge on any atom is -0.462 e. The standard InChI is InChI=1S/C25H20N2O4S/c1-3-31-25(28)18-4-9-21(10-5-18)27-16-20(15-26)23-14-19(8-13-24(23)27)17-6-11-22(12-7-17)32(2,29)30/h4-14,16H,3H2,1-2H3. The summed E-state index contributed by atoms with van der Waals surface area (Å²) in [5.74, 6) is -0.374. The summed E-state index contributed by atoms with van der Waals surface area (Å²) in [5.41, 5.74) is 4.38. The lowest BCUT2D eigenvalue weighted by molar-refractivity contribution is 0.0526. The molecule has 0 radical (unpaired) electrons. The highest BCUT2D eigenvalue weighted by Gasteiger charge is 2.13. The van der Waals surface area contributed by atoms with Gasteiger partial charge in [-0.3, -0.25) is 0 Å². The van der Waals surface area contributed by atoms with Crippen molar-refractivity contribution in [1.29, 1.82) is 5.26 Å². The number of carbonyl (C=O) groups is 1. The monoisotopic (exact) mass is 444 g/mol. The van der Waals surface area contributed by atoms with E-state index < -0.39 is 9.84 Å². The molecule has 0 aliphatic heterocycles. The van der Waals surface area contributed by atoms with Gasteiger partial charge in [-0.15, -0.1) is 0 Å².